The van der Waals surface area contributed by atoms with E-state index in [0.29, 0.717) is 54.6 Å². The van der Waals surface area contributed by atoms with Crippen LogP contribution in [0.25, 0.3) is 11.4 Å². The van der Waals surface area contributed by atoms with Gasteiger partial charge in [0.25, 0.3) is 0 Å². The summed E-state index contributed by atoms with van der Waals surface area (Å²) in [6, 6.07) is 6.84. The monoisotopic (exact) mass is 495 g/mol. The SMILES string of the molecule is CCN(CC)S(=O)(=O)c1cccc(-c2nnc(SCC(=O)NCCC(C)C)n2CC(C)C)c1. The van der Waals surface area contributed by atoms with Gasteiger partial charge in [-0.3, -0.25) is 4.79 Å². The first-order chi connectivity index (χ1) is 15.6. The lowest BCUT2D eigenvalue weighted by Crippen LogP contribution is -2.30. The van der Waals surface area contributed by atoms with Gasteiger partial charge >= 0.3 is 0 Å². The van der Waals surface area contributed by atoms with Crippen molar-refractivity contribution in [3.05, 3.63) is 24.3 Å². The van der Waals surface area contributed by atoms with E-state index in [4.69, 9.17) is 0 Å². The standard InChI is InChI=1S/C23H37N5O3S2/c1-7-27(8-2)33(30,31)20-11-9-10-19(14-20)22-25-26-23(28(22)15-18(5)6)32-16-21(29)24-13-12-17(3)4/h9-11,14,17-18H,7-8,12-13,15-16H2,1-6H3,(H,24,29). The summed E-state index contributed by atoms with van der Waals surface area (Å²) in [7, 11) is -3.58. The summed E-state index contributed by atoms with van der Waals surface area (Å²) in [5, 5.41) is 12.3. The van der Waals surface area contributed by atoms with E-state index in [1.54, 1.807) is 18.2 Å². The van der Waals surface area contributed by atoms with E-state index < -0.39 is 10.0 Å². The Kier molecular flexibility index (Phi) is 10.4. The Morgan fingerprint density at radius 2 is 1.82 bits per heavy atom. The van der Waals surface area contributed by atoms with Crippen LogP contribution in [-0.2, 0) is 21.4 Å². The average molecular weight is 496 g/mol. The third-order valence-electron chi connectivity index (χ3n) is 5.08. The highest BCUT2D eigenvalue weighted by molar-refractivity contribution is 7.99. The van der Waals surface area contributed by atoms with Crippen molar-refractivity contribution in [2.75, 3.05) is 25.4 Å². The minimum absolute atomic E-state index is 0.0337. The number of nitrogens with one attached hydrogen (secondary N) is 1. The number of hydrogen-bond acceptors (Lipinski definition) is 6. The van der Waals surface area contributed by atoms with Crippen LogP contribution in [0.15, 0.2) is 34.3 Å². The lowest BCUT2D eigenvalue weighted by atomic mass is 10.1. The van der Waals surface area contributed by atoms with Crippen molar-refractivity contribution in [2.45, 2.75) is 64.6 Å². The molecule has 0 bridgehead atoms. The number of amides is 1. The van der Waals surface area contributed by atoms with Gasteiger partial charge < -0.3 is 9.88 Å². The molecule has 0 fully saturated rings. The van der Waals surface area contributed by atoms with Crippen LogP contribution in [0, 0.1) is 11.8 Å². The number of rotatable bonds is 13. The summed E-state index contributed by atoms with van der Waals surface area (Å²) in [6.45, 7) is 14.2. The minimum atomic E-state index is -3.58. The normalized spacial score (nSPS) is 12.2. The second kappa shape index (κ2) is 12.5. The van der Waals surface area contributed by atoms with Crippen LogP contribution in [0.5, 0.6) is 0 Å². The van der Waals surface area contributed by atoms with Gasteiger partial charge in [-0.25, -0.2) is 8.42 Å². The molecule has 0 aliphatic rings. The Morgan fingerprint density at radius 3 is 2.42 bits per heavy atom. The number of aromatic nitrogens is 3. The molecule has 2 rings (SSSR count). The van der Waals surface area contributed by atoms with E-state index in [1.165, 1.54) is 16.1 Å². The number of nitrogens with zero attached hydrogens (tertiary/aromatic N) is 4. The van der Waals surface area contributed by atoms with Gasteiger partial charge in [-0.15, -0.1) is 10.2 Å². The lowest BCUT2D eigenvalue weighted by Gasteiger charge is -2.19. The van der Waals surface area contributed by atoms with Crippen molar-refractivity contribution in [3.63, 3.8) is 0 Å². The summed E-state index contributed by atoms with van der Waals surface area (Å²) < 4.78 is 29.4. The summed E-state index contributed by atoms with van der Waals surface area (Å²) in [6.07, 6.45) is 0.941. The molecule has 1 heterocycles. The fourth-order valence-corrected chi connectivity index (χ4v) is 5.61. The highest BCUT2D eigenvalue weighted by atomic mass is 32.2. The van der Waals surface area contributed by atoms with Gasteiger partial charge in [0.15, 0.2) is 11.0 Å². The fraction of sp³-hybridized carbons (Fsp3) is 0.609. The van der Waals surface area contributed by atoms with Gasteiger partial charge in [0.2, 0.25) is 15.9 Å². The molecule has 1 aromatic heterocycles. The second-order valence-corrected chi connectivity index (χ2v) is 11.6. The smallest absolute Gasteiger partial charge is 0.243 e. The van der Waals surface area contributed by atoms with Crippen molar-refractivity contribution in [3.8, 4) is 11.4 Å². The maximum atomic E-state index is 13.0. The number of benzene rings is 1. The zero-order valence-corrected chi connectivity index (χ0v) is 22.2. The van der Waals surface area contributed by atoms with Crippen LogP contribution in [0.3, 0.4) is 0 Å². The first-order valence-electron chi connectivity index (χ1n) is 11.5. The highest BCUT2D eigenvalue weighted by Gasteiger charge is 2.23. The van der Waals surface area contributed by atoms with E-state index in [9.17, 15) is 13.2 Å². The van der Waals surface area contributed by atoms with E-state index in [2.05, 4.69) is 43.2 Å². The van der Waals surface area contributed by atoms with Gasteiger partial charge in [0, 0.05) is 31.7 Å². The van der Waals surface area contributed by atoms with Crippen LogP contribution >= 0.6 is 11.8 Å². The third kappa shape index (κ3) is 7.55. The Balaban J connectivity index is 2.29. The number of sulfonamides is 1. The molecule has 8 nitrogen and oxygen atoms in total. The molecule has 1 N–H and O–H groups in total. The zero-order valence-electron chi connectivity index (χ0n) is 20.5. The van der Waals surface area contributed by atoms with Crippen LogP contribution in [0.1, 0.15) is 48.0 Å². The molecule has 1 amide bonds. The predicted octanol–water partition coefficient (Wildman–Crippen LogP) is 3.89. The van der Waals surface area contributed by atoms with Gasteiger partial charge in [0.1, 0.15) is 0 Å². The Hall–Kier alpha value is -1.91. The number of hydrogen-bond donors (Lipinski definition) is 1. The summed E-state index contributed by atoms with van der Waals surface area (Å²) in [5.74, 6) is 1.68. The molecule has 33 heavy (non-hydrogen) atoms. The molecule has 10 heteroatoms. The van der Waals surface area contributed by atoms with Gasteiger partial charge in [0.05, 0.1) is 10.6 Å². The van der Waals surface area contributed by atoms with Gasteiger partial charge in [-0.1, -0.05) is 65.4 Å². The molecule has 0 saturated carbocycles. The predicted molar refractivity (Wildman–Crippen MR) is 134 cm³/mol. The average Bonchev–Trinajstić information content (AvgIpc) is 3.14. The summed E-state index contributed by atoms with van der Waals surface area (Å²) in [5.41, 5.74) is 0.685. The Labute approximate surface area is 202 Å². The number of thioether (sulfide) groups is 1. The van der Waals surface area contributed by atoms with Crippen LogP contribution < -0.4 is 5.32 Å². The molecule has 0 saturated heterocycles. The first-order valence-corrected chi connectivity index (χ1v) is 14.0. The molecule has 0 spiro atoms. The molecule has 1 aromatic carbocycles. The third-order valence-corrected chi connectivity index (χ3v) is 8.09. The maximum absolute atomic E-state index is 13.0. The van der Waals surface area contributed by atoms with E-state index in [-0.39, 0.29) is 16.6 Å². The van der Waals surface area contributed by atoms with Crippen molar-refractivity contribution < 1.29 is 13.2 Å². The summed E-state index contributed by atoms with van der Waals surface area (Å²) >= 11 is 1.34. The summed E-state index contributed by atoms with van der Waals surface area (Å²) in [4.78, 5) is 12.5. The van der Waals surface area contributed by atoms with Crippen molar-refractivity contribution in [1.29, 1.82) is 0 Å². The number of carbonyl (C=O) groups excluding carboxylic acids is 1. The van der Waals surface area contributed by atoms with Crippen LogP contribution in [0.2, 0.25) is 0 Å². The van der Waals surface area contributed by atoms with E-state index in [0.717, 1.165) is 6.42 Å². The van der Waals surface area contributed by atoms with Crippen molar-refractivity contribution in [1.82, 2.24) is 24.4 Å². The molecular weight excluding hydrogens is 458 g/mol. The minimum Gasteiger partial charge on any atom is -0.355 e. The van der Waals surface area contributed by atoms with Gasteiger partial charge in [-0.05, 0) is 30.4 Å². The molecule has 0 unspecified atom stereocenters. The fourth-order valence-electron chi connectivity index (χ4n) is 3.33. The second-order valence-electron chi connectivity index (χ2n) is 8.75. The zero-order chi connectivity index (χ0) is 24.6. The van der Waals surface area contributed by atoms with E-state index >= 15 is 0 Å². The molecule has 0 aliphatic heterocycles. The molecule has 0 atom stereocenters. The Bertz CT molecular complexity index is 1010. The topological polar surface area (TPSA) is 97.2 Å². The highest BCUT2D eigenvalue weighted by Crippen LogP contribution is 2.27. The van der Waals surface area contributed by atoms with Crippen LogP contribution in [-0.4, -0.2) is 58.8 Å². The van der Waals surface area contributed by atoms with Crippen molar-refractivity contribution in [2.24, 2.45) is 11.8 Å². The van der Waals surface area contributed by atoms with Gasteiger partial charge in [-0.2, -0.15) is 4.31 Å². The first kappa shape index (κ1) is 27.3. The Morgan fingerprint density at radius 1 is 1.12 bits per heavy atom. The quantitative estimate of drug-likeness (QED) is 0.424. The molecule has 0 radical (unpaired) electrons. The largest absolute Gasteiger partial charge is 0.355 e. The number of carbonyl (C=O) groups is 1. The maximum Gasteiger partial charge on any atom is 0.243 e. The molecule has 184 valence electrons. The molecule has 2 aromatic rings. The molecular formula is C23H37N5O3S2. The van der Waals surface area contributed by atoms with E-state index in [1.807, 2.05) is 24.5 Å². The van der Waals surface area contributed by atoms with Crippen molar-refractivity contribution >= 4 is 27.7 Å². The lowest BCUT2D eigenvalue weighted by molar-refractivity contribution is -0.118. The van der Waals surface area contributed by atoms with Crippen LogP contribution in [0.4, 0.5) is 0 Å². The molecule has 0 aliphatic carbocycles.